The first kappa shape index (κ1) is 15.0. The van der Waals surface area contributed by atoms with Gasteiger partial charge in [0.25, 0.3) is 0 Å². The molecule has 0 bridgehead atoms. The Hall–Kier alpha value is -2.36. The molecule has 2 aromatic carbocycles. The lowest BCUT2D eigenvalue weighted by molar-refractivity contribution is -0.137. The zero-order valence-electron chi connectivity index (χ0n) is 11.3. The Morgan fingerprint density at radius 3 is 1.90 bits per heavy atom. The van der Waals surface area contributed by atoms with Crippen LogP contribution in [0.5, 0.6) is 0 Å². The summed E-state index contributed by atoms with van der Waals surface area (Å²) in [6.07, 6.45) is -2.94. The first-order valence-electron chi connectivity index (χ1n) is 6.33. The molecule has 0 N–H and O–H groups in total. The summed E-state index contributed by atoms with van der Waals surface area (Å²) in [5.41, 5.74) is 1.26. The van der Waals surface area contributed by atoms with Crippen molar-refractivity contribution in [1.82, 2.24) is 0 Å². The van der Waals surface area contributed by atoms with Gasteiger partial charge in [0.2, 0.25) is 0 Å². The Balaban J connectivity index is 2.46. The summed E-state index contributed by atoms with van der Waals surface area (Å²) < 4.78 is 37.8. The maximum absolute atomic E-state index is 12.6. The van der Waals surface area contributed by atoms with Crippen molar-refractivity contribution in [2.45, 2.75) is 13.1 Å². The van der Waals surface area contributed by atoms with E-state index in [1.54, 1.807) is 0 Å². The van der Waals surface area contributed by atoms with E-state index in [1.807, 2.05) is 30.3 Å². The van der Waals surface area contributed by atoms with Crippen LogP contribution in [0, 0.1) is 0 Å². The van der Waals surface area contributed by atoms with Crippen LogP contribution in [0.3, 0.4) is 0 Å². The third-order valence-corrected chi connectivity index (χ3v) is 2.96. The van der Waals surface area contributed by atoms with Gasteiger partial charge in [-0.25, -0.2) is 0 Å². The minimum Gasteiger partial charge on any atom is -0.295 e. The largest absolute Gasteiger partial charge is 0.416 e. The highest BCUT2D eigenvalue weighted by atomic mass is 19.4. The minimum absolute atomic E-state index is 0.159. The van der Waals surface area contributed by atoms with Gasteiger partial charge in [0.15, 0.2) is 5.78 Å². The highest BCUT2D eigenvalue weighted by Crippen LogP contribution is 2.31. The third-order valence-electron chi connectivity index (χ3n) is 2.96. The van der Waals surface area contributed by atoms with Gasteiger partial charge in [-0.15, -0.1) is 0 Å². The van der Waals surface area contributed by atoms with Crippen molar-refractivity contribution in [1.29, 1.82) is 0 Å². The van der Waals surface area contributed by atoms with Crippen molar-refractivity contribution < 1.29 is 18.0 Å². The number of hydrogen-bond donors (Lipinski definition) is 0. The fourth-order valence-electron chi connectivity index (χ4n) is 1.99. The fourth-order valence-corrected chi connectivity index (χ4v) is 1.99. The van der Waals surface area contributed by atoms with Gasteiger partial charge in [0.05, 0.1) is 5.56 Å². The smallest absolute Gasteiger partial charge is 0.295 e. The van der Waals surface area contributed by atoms with E-state index in [1.165, 1.54) is 25.1 Å². The molecule has 4 heteroatoms. The molecule has 2 aromatic rings. The number of allylic oxidation sites excluding steroid dienone is 1. The minimum atomic E-state index is -4.37. The number of carbonyl (C=O) groups excluding carboxylic acids is 1. The number of halogens is 3. The molecule has 108 valence electrons. The van der Waals surface area contributed by atoms with Gasteiger partial charge in [-0.05, 0) is 41.8 Å². The Bertz CT molecular complexity index is 653. The van der Waals surface area contributed by atoms with Gasteiger partial charge >= 0.3 is 6.18 Å². The molecule has 0 radical (unpaired) electrons. The molecule has 0 amide bonds. The highest BCUT2D eigenvalue weighted by molar-refractivity contribution is 5.99. The Kier molecular flexibility index (Phi) is 4.26. The zero-order valence-corrected chi connectivity index (χ0v) is 11.3. The summed E-state index contributed by atoms with van der Waals surface area (Å²) in [6, 6.07) is 13.9. The number of alkyl halides is 3. The second-order valence-corrected chi connectivity index (χ2v) is 4.61. The van der Waals surface area contributed by atoms with Crippen molar-refractivity contribution in [2.24, 2.45) is 0 Å². The van der Waals surface area contributed by atoms with Gasteiger partial charge in [-0.1, -0.05) is 42.5 Å². The molecule has 1 nitrogen and oxygen atoms in total. The van der Waals surface area contributed by atoms with Crippen LogP contribution in [-0.2, 0) is 11.0 Å². The predicted octanol–water partition coefficient (Wildman–Crippen LogP) is 4.73. The maximum atomic E-state index is 12.6. The van der Waals surface area contributed by atoms with Crippen molar-refractivity contribution >= 4 is 11.4 Å². The number of hydrogen-bond acceptors (Lipinski definition) is 1. The van der Waals surface area contributed by atoms with E-state index >= 15 is 0 Å². The van der Waals surface area contributed by atoms with E-state index in [9.17, 15) is 18.0 Å². The summed E-state index contributed by atoms with van der Waals surface area (Å²) in [6.45, 7) is 1.41. The van der Waals surface area contributed by atoms with Crippen molar-refractivity contribution in [2.75, 3.05) is 0 Å². The van der Waals surface area contributed by atoms with Crippen LogP contribution in [0.1, 0.15) is 23.6 Å². The first-order chi connectivity index (χ1) is 9.88. The molecule has 0 aromatic heterocycles. The predicted molar refractivity (Wildman–Crippen MR) is 75.6 cm³/mol. The molecule has 2 rings (SSSR count). The number of carbonyl (C=O) groups is 1. The van der Waals surface area contributed by atoms with Gasteiger partial charge in [0.1, 0.15) is 0 Å². The van der Waals surface area contributed by atoms with E-state index in [0.717, 1.165) is 17.7 Å². The van der Waals surface area contributed by atoms with Gasteiger partial charge in [-0.2, -0.15) is 13.2 Å². The molecule has 0 saturated heterocycles. The maximum Gasteiger partial charge on any atom is 0.416 e. The monoisotopic (exact) mass is 290 g/mol. The third kappa shape index (κ3) is 3.81. The van der Waals surface area contributed by atoms with Gasteiger partial charge in [0, 0.05) is 0 Å². The molecule has 0 aliphatic heterocycles. The van der Waals surface area contributed by atoms with E-state index < -0.39 is 11.7 Å². The van der Waals surface area contributed by atoms with Crippen LogP contribution in [0.4, 0.5) is 13.2 Å². The SMILES string of the molecule is CC(=O)/C=C(/c1ccccc1)c1ccc(C(F)(F)F)cc1. The standard InChI is InChI=1S/C17H13F3O/c1-12(21)11-16(13-5-3-2-4-6-13)14-7-9-15(10-8-14)17(18,19)20/h2-11H,1H3/b16-11-. The van der Waals surface area contributed by atoms with Gasteiger partial charge in [-0.3, -0.25) is 4.79 Å². The average Bonchev–Trinajstić information content (AvgIpc) is 2.45. The lowest BCUT2D eigenvalue weighted by Gasteiger charge is -2.10. The number of ketones is 1. The van der Waals surface area contributed by atoms with E-state index in [0.29, 0.717) is 11.1 Å². The van der Waals surface area contributed by atoms with Crippen LogP contribution < -0.4 is 0 Å². The molecular formula is C17H13F3O. The molecule has 0 unspecified atom stereocenters. The van der Waals surface area contributed by atoms with Crippen LogP contribution in [0.2, 0.25) is 0 Å². The average molecular weight is 290 g/mol. The quantitative estimate of drug-likeness (QED) is 0.747. The van der Waals surface area contributed by atoms with Crippen molar-refractivity contribution in [3.63, 3.8) is 0 Å². The van der Waals surface area contributed by atoms with Crippen LogP contribution >= 0.6 is 0 Å². The molecule has 0 atom stereocenters. The molecule has 21 heavy (non-hydrogen) atoms. The van der Waals surface area contributed by atoms with E-state index in [4.69, 9.17) is 0 Å². The molecule has 0 aliphatic rings. The molecule has 0 aliphatic carbocycles. The Labute approximate surface area is 120 Å². The van der Waals surface area contributed by atoms with Crippen molar-refractivity contribution in [3.05, 3.63) is 77.4 Å². The molecule has 0 saturated carbocycles. The molecule has 0 spiro atoms. The summed E-state index contributed by atoms with van der Waals surface area (Å²) in [4.78, 5) is 11.4. The second-order valence-electron chi connectivity index (χ2n) is 4.61. The fraction of sp³-hybridized carbons (Fsp3) is 0.118. The molecular weight excluding hydrogens is 277 g/mol. The Morgan fingerprint density at radius 1 is 0.905 bits per heavy atom. The van der Waals surface area contributed by atoms with E-state index in [-0.39, 0.29) is 5.78 Å². The Morgan fingerprint density at radius 2 is 1.43 bits per heavy atom. The number of benzene rings is 2. The van der Waals surface area contributed by atoms with Crippen LogP contribution in [-0.4, -0.2) is 5.78 Å². The van der Waals surface area contributed by atoms with E-state index in [2.05, 4.69) is 0 Å². The number of rotatable bonds is 3. The summed E-state index contributed by atoms with van der Waals surface area (Å²) in [5.74, 6) is -0.159. The lowest BCUT2D eigenvalue weighted by atomic mass is 9.96. The second kappa shape index (κ2) is 5.95. The summed E-state index contributed by atoms with van der Waals surface area (Å²) >= 11 is 0. The highest BCUT2D eigenvalue weighted by Gasteiger charge is 2.30. The lowest BCUT2D eigenvalue weighted by Crippen LogP contribution is -2.04. The van der Waals surface area contributed by atoms with Crippen LogP contribution in [0.15, 0.2) is 60.7 Å². The molecule has 0 heterocycles. The zero-order chi connectivity index (χ0) is 15.5. The van der Waals surface area contributed by atoms with Crippen LogP contribution in [0.25, 0.3) is 5.57 Å². The molecule has 0 fully saturated rings. The summed E-state index contributed by atoms with van der Waals surface area (Å²) in [7, 11) is 0. The summed E-state index contributed by atoms with van der Waals surface area (Å²) in [5, 5.41) is 0. The van der Waals surface area contributed by atoms with Crippen molar-refractivity contribution in [3.8, 4) is 0 Å². The van der Waals surface area contributed by atoms with Gasteiger partial charge < -0.3 is 0 Å². The topological polar surface area (TPSA) is 17.1 Å². The first-order valence-corrected chi connectivity index (χ1v) is 6.33. The normalized spacial score (nSPS) is 12.3.